The van der Waals surface area contributed by atoms with Crippen LogP contribution in [0.3, 0.4) is 0 Å². The molecule has 0 saturated carbocycles. The number of hydrogen-bond donors (Lipinski definition) is 0. The molecule has 0 radical (unpaired) electrons. The van der Waals surface area contributed by atoms with Crippen molar-refractivity contribution in [3.8, 4) is 0 Å². The molecule has 148 valence electrons. The molecule has 3 nitrogen and oxygen atoms in total. The first-order valence-electron chi connectivity index (χ1n) is 9.67. The Hall–Kier alpha value is -2.13. The summed E-state index contributed by atoms with van der Waals surface area (Å²) in [5.41, 5.74) is 3.96. The summed E-state index contributed by atoms with van der Waals surface area (Å²) in [5, 5.41) is -0.717. The van der Waals surface area contributed by atoms with Gasteiger partial charge in [-0.15, -0.1) is 0 Å². The Kier molecular flexibility index (Phi) is 5.67. The maximum Gasteiger partial charge on any atom is 0.322 e. The number of rotatable bonds is 5. The maximum atomic E-state index is 12.7. The molecule has 1 atom stereocenters. The predicted molar refractivity (Wildman–Crippen MR) is 112 cm³/mol. The Bertz CT molecular complexity index is 884. The molecular weight excluding hydrogens is 372 g/mol. The zero-order valence-electron chi connectivity index (χ0n) is 16.9. The molecule has 0 saturated heterocycles. The van der Waals surface area contributed by atoms with Crippen molar-refractivity contribution in [2.45, 2.75) is 63.9 Å². The number of hydrogen-bond acceptors (Lipinski definition) is 3. The van der Waals surface area contributed by atoms with Crippen molar-refractivity contribution in [3.05, 3.63) is 70.8 Å². The van der Waals surface area contributed by atoms with Gasteiger partial charge in [-0.1, -0.05) is 76.2 Å². The Morgan fingerprint density at radius 3 is 2.18 bits per heavy atom. The summed E-state index contributed by atoms with van der Waals surface area (Å²) in [6.45, 7) is 8.99. The number of ether oxygens (including phenoxy) is 1. The normalized spacial score (nSPS) is 18.0. The second kappa shape index (κ2) is 7.71. The third kappa shape index (κ3) is 4.15. The van der Waals surface area contributed by atoms with E-state index in [1.54, 1.807) is 0 Å². The quantitative estimate of drug-likeness (QED) is 0.372. The Morgan fingerprint density at radius 1 is 0.964 bits per heavy atom. The highest BCUT2D eigenvalue weighted by atomic mass is 35.5. The van der Waals surface area contributed by atoms with Crippen LogP contribution in [0.2, 0.25) is 0 Å². The molecular formula is C24H27ClO3. The van der Waals surface area contributed by atoms with Crippen molar-refractivity contribution >= 4 is 22.8 Å². The first-order chi connectivity index (χ1) is 13.1. The first-order valence-corrected chi connectivity index (χ1v) is 10.0. The van der Waals surface area contributed by atoms with Gasteiger partial charge in [-0.25, -0.2) is 0 Å². The van der Waals surface area contributed by atoms with E-state index in [1.807, 2.05) is 48.5 Å². The fourth-order valence-corrected chi connectivity index (χ4v) is 4.17. The molecule has 0 bridgehead atoms. The van der Waals surface area contributed by atoms with Gasteiger partial charge < -0.3 is 4.74 Å². The van der Waals surface area contributed by atoms with Crippen LogP contribution in [-0.4, -0.2) is 11.2 Å². The number of carbonyl (C=O) groups excluding carboxylic acids is 2. The van der Waals surface area contributed by atoms with Crippen LogP contribution in [0, 0.1) is 0 Å². The van der Waals surface area contributed by atoms with Crippen LogP contribution < -0.4 is 0 Å². The highest BCUT2D eigenvalue weighted by molar-refractivity contribution is 6.66. The van der Waals surface area contributed by atoms with Gasteiger partial charge in [0.25, 0.3) is 0 Å². The summed E-state index contributed by atoms with van der Waals surface area (Å²) >= 11 is 5.83. The molecule has 0 heterocycles. The Labute approximate surface area is 172 Å². The number of carbonyl (C=O) groups is 2. The predicted octanol–water partition coefficient (Wildman–Crippen LogP) is 5.63. The monoisotopic (exact) mass is 398 g/mol. The summed E-state index contributed by atoms with van der Waals surface area (Å²) < 4.78 is 5.40. The number of esters is 1. The minimum atomic E-state index is -1.11. The second-order valence-corrected chi connectivity index (χ2v) is 9.28. The minimum absolute atomic E-state index is 0.0191. The van der Waals surface area contributed by atoms with Crippen LogP contribution >= 0.6 is 11.6 Å². The van der Waals surface area contributed by atoms with Crippen LogP contribution in [-0.2, 0) is 31.8 Å². The SMILES string of the molecule is CC1(C)CCC(C)(C)c2cc(C(C(=O)Cl)C(=O)OCc3ccccc3)ccc21. The van der Waals surface area contributed by atoms with Gasteiger partial charge >= 0.3 is 5.97 Å². The van der Waals surface area contributed by atoms with Gasteiger partial charge in [-0.3, -0.25) is 9.59 Å². The summed E-state index contributed by atoms with van der Waals surface area (Å²) in [5.74, 6) is -1.73. The van der Waals surface area contributed by atoms with Crippen LogP contribution in [0.25, 0.3) is 0 Å². The maximum absolute atomic E-state index is 12.7. The Morgan fingerprint density at radius 2 is 1.57 bits per heavy atom. The average Bonchev–Trinajstić information content (AvgIpc) is 2.65. The molecule has 1 unspecified atom stereocenters. The second-order valence-electron chi connectivity index (χ2n) is 8.90. The highest BCUT2D eigenvalue weighted by Crippen LogP contribution is 2.46. The molecule has 0 N–H and O–H groups in total. The van der Waals surface area contributed by atoms with Crippen LogP contribution in [0.15, 0.2) is 48.5 Å². The average molecular weight is 399 g/mol. The molecule has 0 spiro atoms. The van der Waals surface area contributed by atoms with Crippen LogP contribution in [0.1, 0.15) is 68.7 Å². The topological polar surface area (TPSA) is 43.4 Å². The fraction of sp³-hybridized carbons (Fsp3) is 0.417. The van der Waals surface area contributed by atoms with Crippen LogP contribution in [0.4, 0.5) is 0 Å². The third-order valence-electron chi connectivity index (χ3n) is 5.90. The molecule has 0 amide bonds. The summed E-state index contributed by atoms with van der Waals surface area (Å²) in [6, 6.07) is 15.3. The largest absolute Gasteiger partial charge is 0.460 e. The lowest BCUT2D eigenvalue weighted by atomic mass is 9.62. The zero-order valence-corrected chi connectivity index (χ0v) is 17.7. The number of halogens is 1. The van der Waals surface area contributed by atoms with Crippen LogP contribution in [0.5, 0.6) is 0 Å². The van der Waals surface area contributed by atoms with Gasteiger partial charge in [0.1, 0.15) is 6.61 Å². The molecule has 3 rings (SSSR count). The van der Waals surface area contributed by atoms with E-state index >= 15 is 0 Å². The van der Waals surface area contributed by atoms with Gasteiger partial charge in [0.2, 0.25) is 5.24 Å². The summed E-state index contributed by atoms with van der Waals surface area (Å²) in [4.78, 5) is 24.8. The zero-order chi connectivity index (χ0) is 20.5. The lowest BCUT2D eigenvalue weighted by Crippen LogP contribution is -2.34. The van der Waals surface area contributed by atoms with Crippen molar-refractivity contribution in [1.82, 2.24) is 0 Å². The fourth-order valence-electron chi connectivity index (χ4n) is 3.96. The molecule has 1 aliphatic rings. The van der Waals surface area contributed by atoms with E-state index in [4.69, 9.17) is 16.3 Å². The van der Waals surface area contributed by atoms with E-state index < -0.39 is 17.1 Å². The molecule has 1 aliphatic carbocycles. The van der Waals surface area contributed by atoms with Crippen molar-refractivity contribution in [1.29, 1.82) is 0 Å². The molecule has 0 aliphatic heterocycles. The highest BCUT2D eigenvalue weighted by Gasteiger charge is 2.38. The summed E-state index contributed by atoms with van der Waals surface area (Å²) in [6.07, 6.45) is 2.15. The standard InChI is InChI=1S/C24H27ClO3/c1-23(2)12-13-24(3,4)19-14-17(10-11-18(19)23)20(21(25)26)22(27)28-15-16-8-6-5-7-9-16/h5-11,14,20H,12-13,15H2,1-4H3. The van der Waals surface area contributed by atoms with Gasteiger partial charge in [0, 0.05) is 0 Å². The van der Waals surface area contributed by atoms with E-state index in [-0.39, 0.29) is 17.4 Å². The molecule has 2 aromatic rings. The molecule has 0 aromatic heterocycles. The van der Waals surface area contributed by atoms with Crippen molar-refractivity contribution < 1.29 is 14.3 Å². The van der Waals surface area contributed by atoms with E-state index in [1.165, 1.54) is 11.1 Å². The molecule has 28 heavy (non-hydrogen) atoms. The summed E-state index contributed by atoms with van der Waals surface area (Å²) in [7, 11) is 0. The minimum Gasteiger partial charge on any atom is -0.460 e. The third-order valence-corrected chi connectivity index (χ3v) is 6.12. The molecule has 0 fully saturated rings. The van der Waals surface area contributed by atoms with E-state index in [0.717, 1.165) is 18.4 Å². The van der Waals surface area contributed by atoms with E-state index in [2.05, 4.69) is 27.7 Å². The smallest absolute Gasteiger partial charge is 0.322 e. The number of benzene rings is 2. The van der Waals surface area contributed by atoms with Gasteiger partial charge in [-0.2, -0.15) is 0 Å². The lowest BCUT2D eigenvalue weighted by Gasteiger charge is -2.42. The Balaban J connectivity index is 1.90. The van der Waals surface area contributed by atoms with Gasteiger partial charge in [-0.05, 0) is 57.5 Å². The van der Waals surface area contributed by atoms with Gasteiger partial charge in [0.05, 0.1) is 0 Å². The van der Waals surface area contributed by atoms with Crippen molar-refractivity contribution in [2.24, 2.45) is 0 Å². The van der Waals surface area contributed by atoms with E-state index in [0.29, 0.717) is 5.56 Å². The molecule has 4 heteroatoms. The molecule has 2 aromatic carbocycles. The first kappa shape index (κ1) is 20.6. The number of fused-ring (bicyclic) bond motifs is 1. The van der Waals surface area contributed by atoms with E-state index in [9.17, 15) is 9.59 Å². The lowest BCUT2D eigenvalue weighted by molar-refractivity contribution is -0.148. The van der Waals surface area contributed by atoms with Gasteiger partial charge in [0.15, 0.2) is 5.92 Å². The van der Waals surface area contributed by atoms with Crippen molar-refractivity contribution in [3.63, 3.8) is 0 Å². The van der Waals surface area contributed by atoms with Crippen molar-refractivity contribution in [2.75, 3.05) is 0 Å².